The molecule has 1 aromatic rings. The van der Waals surface area contributed by atoms with Crippen LogP contribution in [-0.4, -0.2) is 11.0 Å². The maximum Gasteiger partial charge on any atom is 0.0605 e. The first-order valence-corrected chi connectivity index (χ1v) is 8.08. The molecule has 0 saturated heterocycles. The summed E-state index contributed by atoms with van der Waals surface area (Å²) >= 11 is 0. The Labute approximate surface area is 117 Å². The number of hydrogen-bond donors (Lipinski definition) is 1. The molecule has 0 spiro atoms. The van der Waals surface area contributed by atoms with Crippen LogP contribution >= 0.6 is 0 Å². The van der Waals surface area contributed by atoms with Gasteiger partial charge in [0.05, 0.1) is 11.7 Å². The van der Waals surface area contributed by atoms with Gasteiger partial charge in [-0.25, -0.2) is 0 Å². The van der Waals surface area contributed by atoms with Crippen molar-refractivity contribution in [3.05, 3.63) is 29.6 Å². The highest BCUT2D eigenvalue weighted by atomic mass is 15.0. The van der Waals surface area contributed by atoms with Gasteiger partial charge in [0.2, 0.25) is 0 Å². The Hall–Kier alpha value is -0.890. The second-order valence-electron chi connectivity index (χ2n) is 6.22. The summed E-state index contributed by atoms with van der Waals surface area (Å²) in [6.45, 7) is 2.33. The van der Waals surface area contributed by atoms with Gasteiger partial charge in [0.15, 0.2) is 0 Å². The van der Waals surface area contributed by atoms with Crippen molar-refractivity contribution in [1.29, 1.82) is 0 Å². The highest BCUT2D eigenvalue weighted by molar-refractivity contribution is 5.28. The van der Waals surface area contributed by atoms with Gasteiger partial charge in [0.25, 0.3) is 0 Å². The first-order valence-electron chi connectivity index (χ1n) is 8.08. The molecule has 2 nitrogen and oxygen atoms in total. The second-order valence-corrected chi connectivity index (χ2v) is 6.22. The van der Waals surface area contributed by atoms with Crippen molar-refractivity contribution in [3.63, 3.8) is 0 Å². The zero-order chi connectivity index (χ0) is 13.1. The molecule has 1 N–H and O–H groups in total. The van der Waals surface area contributed by atoms with Crippen LogP contribution in [0, 0.1) is 5.92 Å². The Kier molecular flexibility index (Phi) is 4.17. The quantitative estimate of drug-likeness (QED) is 0.882. The van der Waals surface area contributed by atoms with Gasteiger partial charge in [-0.15, -0.1) is 0 Å². The lowest BCUT2D eigenvalue weighted by Crippen LogP contribution is -2.38. The molecule has 2 aliphatic rings. The highest BCUT2D eigenvalue weighted by Gasteiger charge is 2.29. The first kappa shape index (κ1) is 13.1. The van der Waals surface area contributed by atoms with Gasteiger partial charge >= 0.3 is 0 Å². The van der Waals surface area contributed by atoms with E-state index in [0.29, 0.717) is 12.1 Å². The molecule has 19 heavy (non-hydrogen) atoms. The summed E-state index contributed by atoms with van der Waals surface area (Å²) in [7, 11) is 0. The molecule has 1 aromatic heterocycles. The average Bonchev–Trinajstić information content (AvgIpc) is 2.89. The number of fused-ring (bicyclic) bond motifs is 1. The van der Waals surface area contributed by atoms with Crippen molar-refractivity contribution >= 4 is 0 Å². The minimum absolute atomic E-state index is 0.503. The van der Waals surface area contributed by atoms with Crippen LogP contribution in [0.25, 0.3) is 0 Å². The van der Waals surface area contributed by atoms with Crippen LogP contribution < -0.4 is 5.32 Å². The number of nitrogens with one attached hydrogen (secondary N) is 1. The van der Waals surface area contributed by atoms with Crippen LogP contribution in [0.15, 0.2) is 18.3 Å². The van der Waals surface area contributed by atoms with Crippen LogP contribution in [0.2, 0.25) is 0 Å². The molecule has 2 heteroatoms. The van der Waals surface area contributed by atoms with E-state index < -0.39 is 0 Å². The lowest BCUT2D eigenvalue weighted by Gasteiger charge is -2.32. The molecule has 1 heterocycles. The molecule has 0 radical (unpaired) electrons. The molecule has 0 aromatic carbocycles. The summed E-state index contributed by atoms with van der Waals surface area (Å²) in [6.07, 6.45) is 12.8. The van der Waals surface area contributed by atoms with Crippen LogP contribution in [-0.2, 0) is 6.42 Å². The van der Waals surface area contributed by atoms with E-state index in [0.717, 1.165) is 5.92 Å². The van der Waals surface area contributed by atoms with Crippen molar-refractivity contribution in [1.82, 2.24) is 10.3 Å². The molecular formula is C17H26N2. The van der Waals surface area contributed by atoms with Gasteiger partial charge in [-0.3, -0.25) is 4.98 Å². The van der Waals surface area contributed by atoms with Crippen LogP contribution in [0.4, 0.5) is 0 Å². The maximum atomic E-state index is 4.61. The van der Waals surface area contributed by atoms with Crippen molar-refractivity contribution in [2.24, 2.45) is 5.92 Å². The summed E-state index contributed by atoms with van der Waals surface area (Å²) in [5.74, 6) is 0.895. The fourth-order valence-electron chi connectivity index (χ4n) is 3.96. The largest absolute Gasteiger partial charge is 0.306 e. The minimum Gasteiger partial charge on any atom is -0.306 e. The molecule has 0 amide bonds. The summed E-state index contributed by atoms with van der Waals surface area (Å²) in [4.78, 5) is 4.61. The van der Waals surface area contributed by atoms with Crippen LogP contribution in [0.3, 0.4) is 0 Å². The molecule has 104 valence electrons. The minimum atomic E-state index is 0.503. The van der Waals surface area contributed by atoms with E-state index in [4.69, 9.17) is 0 Å². The predicted molar refractivity (Wildman–Crippen MR) is 79.1 cm³/mol. The zero-order valence-corrected chi connectivity index (χ0v) is 12.1. The van der Waals surface area contributed by atoms with E-state index in [1.165, 1.54) is 62.6 Å². The number of aryl methyl sites for hydroxylation is 1. The molecule has 2 atom stereocenters. The van der Waals surface area contributed by atoms with Gasteiger partial charge in [0.1, 0.15) is 0 Å². The van der Waals surface area contributed by atoms with E-state index in [2.05, 4.69) is 29.4 Å². The molecule has 1 saturated carbocycles. The lowest BCUT2D eigenvalue weighted by atomic mass is 9.82. The number of rotatable bonds is 4. The lowest BCUT2D eigenvalue weighted by molar-refractivity contribution is 0.244. The van der Waals surface area contributed by atoms with Crippen LogP contribution in [0.1, 0.15) is 69.2 Å². The predicted octanol–water partition coefficient (Wildman–Crippen LogP) is 4.02. The Morgan fingerprint density at radius 1 is 1.26 bits per heavy atom. The number of pyridine rings is 1. The average molecular weight is 258 g/mol. The molecule has 2 aliphatic carbocycles. The SMILES string of the molecule is CCC(NC1CCc2cccnc21)C1CCCCC1. The third kappa shape index (κ3) is 2.84. The van der Waals surface area contributed by atoms with Crippen molar-refractivity contribution in [3.8, 4) is 0 Å². The summed E-state index contributed by atoms with van der Waals surface area (Å²) < 4.78 is 0. The Morgan fingerprint density at radius 3 is 2.89 bits per heavy atom. The van der Waals surface area contributed by atoms with Gasteiger partial charge < -0.3 is 5.32 Å². The van der Waals surface area contributed by atoms with Crippen LogP contribution in [0.5, 0.6) is 0 Å². The van der Waals surface area contributed by atoms with Crippen molar-refractivity contribution in [2.75, 3.05) is 0 Å². The Morgan fingerprint density at radius 2 is 2.11 bits per heavy atom. The Bertz CT molecular complexity index is 409. The molecule has 2 unspecified atom stereocenters. The van der Waals surface area contributed by atoms with E-state index in [1.807, 2.05) is 6.20 Å². The summed E-state index contributed by atoms with van der Waals surface area (Å²) in [5.41, 5.74) is 2.77. The van der Waals surface area contributed by atoms with E-state index >= 15 is 0 Å². The third-order valence-electron chi connectivity index (χ3n) is 5.03. The monoisotopic (exact) mass is 258 g/mol. The molecule has 1 fully saturated rings. The normalized spacial score (nSPS) is 25.2. The fourth-order valence-corrected chi connectivity index (χ4v) is 3.96. The fraction of sp³-hybridized carbons (Fsp3) is 0.706. The van der Waals surface area contributed by atoms with Crippen molar-refractivity contribution < 1.29 is 0 Å². The summed E-state index contributed by atoms with van der Waals surface area (Å²) in [5, 5.41) is 3.93. The van der Waals surface area contributed by atoms with E-state index in [1.54, 1.807) is 0 Å². The molecule has 3 rings (SSSR count). The van der Waals surface area contributed by atoms with Gasteiger partial charge in [0, 0.05) is 12.2 Å². The molecule has 0 aliphatic heterocycles. The third-order valence-corrected chi connectivity index (χ3v) is 5.03. The zero-order valence-electron chi connectivity index (χ0n) is 12.1. The van der Waals surface area contributed by atoms with E-state index in [9.17, 15) is 0 Å². The molecule has 0 bridgehead atoms. The van der Waals surface area contributed by atoms with Crippen molar-refractivity contribution in [2.45, 2.75) is 70.4 Å². The smallest absolute Gasteiger partial charge is 0.0605 e. The number of hydrogen-bond acceptors (Lipinski definition) is 2. The van der Waals surface area contributed by atoms with Gasteiger partial charge in [-0.05, 0) is 49.7 Å². The van der Waals surface area contributed by atoms with Gasteiger partial charge in [-0.2, -0.15) is 0 Å². The standard InChI is InChI=1S/C17H26N2/c1-2-15(13-7-4-3-5-8-13)19-16-11-10-14-9-6-12-18-17(14)16/h6,9,12-13,15-16,19H,2-5,7-8,10-11H2,1H3. The molecular weight excluding hydrogens is 232 g/mol. The Balaban J connectivity index is 1.67. The number of aromatic nitrogens is 1. The second kappa shape index (κ2) is 6.04. The summed E-state index contributed by atoms with van der Waals surface area (Å²) in [6, 6.07) is 5.51. The topological polar surface area (TPSA) is 24.9 Å². The maximum absolute atomic E-state index is 4.61. The van der Waals surface area contributed by atoms with Gasteiger partial charge in [-0.1, -0.05) is 32.3 Å². The highest BCUT2D eigenvalue weighted by Crippen LogP contribution is 2.33. The first-order chi connectivity index (χ1) is 9.38. The number of nitrogens with zero attached hydrogens (tertiary/aromatic N) is 1. The van der Waals surface area contributed by atoms with E-state index in [-0.39, 0.29) is 0 Å².